The molecule has 0 unspecified atom stereocenters. The molecule has 3 rings (SSSR count). The average molecular weight is 372 g/mol. The minimum absolute atomic E-state index is 0.157. The Morgan fingerprint density at radius 3 is 2.58 bits per heavy atom. The standard InChI is InChI=1S/C19H25N5OS/c1-13-5-4-6-14(2)17(13)21-22-18(25)16-9-7-15(8-10-16)11-26-19-23-20-12-24(19)3/h7-10,12-14H,4-6,11H2,1-3H3,(H,22,25)/t13-,14-/m0/s1. The van der Waals surface area contributed by atoms with E-state index in [9.17, 15) is 4.79 Å². The quantitative estimate of drug-likeness (QED) is 0.643. The van der Waals surface area contributed by atoms with Crippen molar-refractivity contribution in [1.29, 1.82) is 0 Å². The van der Waals surface area contributed by atoms with Crippen molar-refractivity contribution >= 4 is 23.4 Å². The predicted molar refractivity (Wildman–Crippen MR) is 104 cm³/mol. The van der Waals surface area contributed by atoms with E-state index in [0.717, 1.165) is 35.0 Å². The van der Waals surface area contributed by atoms with Gasteiger partial charge < -0.3 is 4.57 Å². The van der Waals surface area contributed by atoms with Crippen molar-refractivity contribution in [1.82, 2.24) is 20.2 Å². The van der Waals surface area contributed by atoms with Crippen LogP contribution in [0.5, 0.6) is 0 Å². The van der Waals surface area contributed by atoms with Gasteiger partial charge in [0.25, 0.3) is 5.91 Å². The van der Waals surface area contributed by atoms with Gasteiger partial charge in [-0.15, -0.1) is 10.2 Å². The van der Waals surface area contributed by atoms with E-state index in [1.807, 2.05) is 35.9 Å². The Kier molecular flexibility index (Phi) is 6.08. The highest BCUT2D eigenvalue weighted by atomic mass is 32.2. The van der Waals surface area contributed by atoms with E-state index in [1.54, 1.807) is 18.1 Å². The molecule has 0 radical (unpaired) electrons. The molecule has 0 saturated heterocycles. The lowest BCUT2D eigenvalue weighted by atomic mass is 9.81. The molecule has 138 valence electrons. The first-order valence-electron chi connectivity index (χ1n) is 8.98. The zero-order valence-corrected chi connectivity index (χ0v) is 16.3. The predicted octanol–water partition coefficient (Wildman–Crippen LogP) is 3.65. The van der Waals surface area contributed by atoms with Gasteiger partial charge in [-0.25, -0.2) is 5.43 Å². The molecule has 1 N–H and O–H groups in total. The maximum absolute atomic E-state index is 12.4. The highest BCUT2D eigenvalue weighted by Crippen LogP contribution is 2.26. The molecule has 2 atom stereocenters. The number of aryl methyl sites for hydroxylation is 1. The summed E-state index contributed by atoms with van der Waals surface area (Å²) in [5, 5.41) is 13.2. The fourth-order valence-corrected chi connectivity index (χ4v) is 4.06. The monoisotopic (exact) mass is 371 g/mol. The van der Waals surface area contributed by atoms with E-state index in [1.165, 1.54) is 6.42 Å². The van der Waals surface area contributed by atoms with E-state index >= 15 is 0 Å². The molecular formula is C19H25N5OS. The van der Waals surface area contributed by atoms with Crippen LogP contribution in [0.2, 0.25) is 0 Å². The highest BCUT2D eigenvalue weighted by molar-refractivity contribution is 7.98. The second-order valence-corrected chi connectivity index (χ2v) is 7.86. The lowest BCUT2D eigenvalue weighted by Gasteiger charge is -2.26. The van der Waals surface area contributed by atoms with Gasteiger partial charge in [-0.3, -0.25) is 4.79 Å². The van der Waals surface area contributed by atoms with Crippen LogP contribution < -0.4 is 5.43 Å². The first-order chi connectivity index (χ1) is 12.5. The Hall–Kier alpha value is -2.15. The summed E-state index contributed by atoms with van der Waals surface area (Å²) in [6.07, 6.45) is 5.22. The molecule has 26 heavy (non-hydrogen) atoms. The van der Waals surface area contributed by atoms with Crippen LogP contribution in [0, 0.1) is 11.8 Å². The van der Waals surface area contributed by atoms with Gasteiger partial charge in [0.05, 0.1) is 0 Å². The van der Waals surface area contributed by atoms with Crippen molar-refractivity contribution in [3.8, 4) is 0 Å². The molecule has 0 spiro atoms. The highest BCUT2D eigenvalue weighted by Gasteiger charge is 2.23. The number of amides is 1. The summed E-state index contributed by atoms with van der Waals surface area (Å²) in [7, 11) is 1.92. The molecule has 1 aromatic heterocycles. The number of rotatable bonds is 5. The first-order valence-corrected chi connectivity index (χ1v) is 9.96. The molecule has 6 nitrogen and oxygen atoms in total. The third kappa shape index (κ3) is 4.52. The van der Waals surface area contributed by atoms with Crippen LogP contribution in [-0.2, 0) is 12.8 Å². The Labute approximate surface area is 158 Å². The lowest BCUT2D eigenvalue weighted by Crippen LogP contribution is -2.29. The van der Waals surface area contributed by atoms with Crippen molar-refractivity contribution in [3.05, 3.63) is 41.7 Å². The topological polar surface area (TPSA) is 72.2 Å². The van der Waals surface area contributed by atoms with Crippen LogP contribution >= 0.6 is 11.8 Å². The molecule has 1 aromatic carbocycles. The largest absolute Gasteiger partial charge is 0.312 e. The van der Waals surface area contributed by atoms with Crippen molar-refractivity contribution in [3.63, 3.8) is 0 Å². The number of aromatic nitrogens is 3. The summed E-state index contributed by atoms with van der Waals surface area (Å²) in [5.41, 5.74) is 5.60. The molecule has 0 aliphatic heterocycles. The van der Waals surface area contributed by atoms with E-state index in [2.05, 4.69) is 34.6 Å². The Bertz CT molecular complexity index is 771. The van der Waals surface area contributed by atoms with E-state index < -0.39 is 0 Å². The Morgan fingerprint density at radius 1 is 1.27 bits per heavy atom. The van der Waals surface area contributed by atoms with Crippen LogP contribution in [0.25, 0.3) is 0 Å². The van der Waals surface area contributed by atoms with Crippen LogP contribution in [0.1, 0.15) is 49.0 Å². The fraction of sp³-hybridized carbons (Fsp3) is 0.474. The minimum atomic E-state index is -0.157. The molecule has 1 aliphatic rings. The van der Waals surface area contributed by atoms with Gasteiger partial charge in [-0.1, -0.05) is 44.2 Å². The third-order valence-corrected chi connectivity index (χ3v) is 5.93. The van der Waals surface area contributed by atoms with Crippen molar-refractivity contribution in [2.24, 2.45) is 24.0 Å². The van der Waals surface area contributed by atoms with Gasteiger partial charge in [0.1, 0.15) is 6.33 Å². The summed E-state index contributed by atoms with van der Waals surface area (Å²) in [5.74, 6) is 1.51. The number of hydrazone groups is 1. The minimum Gasteiger partial charge on any atom is -0.312 e. The zero-order chi connectivity index (χ0) is 18.5. The SMILES string of the molecule is C[C@H]1CCC[C@H](C)C1=NNC(=O)c1ccc(CSc2nncn2C)cc1. The number of hydrogen-bond donors (Lipinski definition) is 1. The number of hydrogen-bond acceptors (Lipinski definition) is 5. The summed E-state index contributed by atoms with van der Waals surface area (Å²) >= 11 is 1.62. The molecule has 1 saturated carbocycles. The second kappa shape index (κ2) is 8.49. The van der Waals surface area contributed by atoms with Gasteiger partial charge >= 0.3 is 0 Å². The molecule has 0 bridgehead atoms. The number of benzene rings is 1. The zero-order valence-electron chi connectivity index (χ0n) is 15.5. The maximum Gasteiger partial charge on any atom is 0.271 e. The summed E-state index contributed by atoms with van der Waals surface area (Å²) in [4.78, 5) is 12.4. The summed E-state index contributed by atoms with van der Waals surface area (Å²) < 4.78 is 1.89. The second-order valence-electron chi connectivity index (χ2n) is 6.92. The fourth-order valence-electron chi connectivity index (χ4n) is 3.22. The van der Waals surface area contributed by atoms with Gasteiger partial charge in [0.15, 0.2) is 5.16 Å². The molecule has 1 aliphatic carbocycles. The smallest absolute Gasteiger partial charge is 0.271 e. The van der Waals surface area contributed by atoms with Crippen LogP contribution in [0.3, 0.4) is 0 Å². The van der Waals surface area contributed by atoms with Crippen LogP contribution in [-0.4, -0.2) is 26.4 Å². The normalized spacial score (nSPS) is 20.0. The number of carbonyl (C=O) groups excluding carboxylic acids is 1. The molecular weight excluding hydrogens is 346 g/mol. The summed E-state index contributed by atoms with van der Waals surface area (Å²) in [6, 6.07) is 7.63. The number of thioether (sulfide) groups is 1. The van der Waals surface area contributed by atoms with Gasteiger partial charge in [-0.2, -0.15) is 5.10 Å². The van der Waals surface area contributed by atoms with Crippen LogP contribution in [0.4, 0.5) is 0 Å². The van der Waals surface area contributed by atoms with Gasteiger partial charge in [-0.05, 0) is 42.4 Å². The molecule has 1 fully saturated rings. The molecule has 1 amide bonds. The van der Waals surface area contributed by atoms with Crippen molar-refractivity contribution in [2.75, 3.05) is 0 Å². The van der Waals surface area contributed by atoms with Gasteiger partial charge in [0.2, 0.25) is 0 Å². The first kappa shape index (κ1) is 18.6. The number of nitrogens with zero attached hydrogens (tertiary/aromatic N) is 4. The number of carbonyl (C=O) groups is 1. The average Bonchev–Trinajstić information content (AvgIpc) is 3.05. The third-order valence-electron chi connectivity index (χ3n) is 4.82. The molecule has 1 heterocycles. The molecule has 2 aromatic rings. The van der Waals surface area contributed by atoms with E-state index in [-0.39, 0.29) is 5.91 Å². The maximum atomic E-state index is 12.4. The lowest BCUT2D eigenvalue weighted by molar-refractivity contribution is 0.0954. The van der Waals surface area contributed by atoms with Crippen molar-refractivity contribution < 1.29 is 4.79 Å². The summed E-state index contributed by atoms with van der Waals surface area (Å²) in [6.45, 7) is 4.37. The van der Waals surface area contributed by atoms with Crippen LogP contribution in [0.15, 0.2) is 40.9 Å². The Morgan fingerprint density at radius 2 is 1.96 bits per heavy atom. The van der Waals surface area contributed by atoms with Crippen molar-refractivity contribution in [2.45, 2.75) is 44.0 Å². The number of nitrogens with one attached hydrogen (secondary N) is 1. The van der Waals surface area contributed by atoms with Gasteiger partial charge in [0, 0.05) is 24.1 Å². The van der Waals surface area contributed by atoms with E-state index in [4.69, 9.17) is 0 Å². The Balaban J connectivity index is 1.57. The van der Waals surface area contributed by atoms with E-state index in [0.29, 0.717) is 17.4 Å². The molecule has 7 heteroatoms.